The van der Waals surface area contributed by atoms with E-state index in [-0.39, 0.29) is 17.2 Å². The van der Waals surface area contributed by atoms with Crippen LogP contribution in [0.5, 0.6) is 17.2 Å². The van der Waals surface area contributed by atoms with Gasteiger partial charge in [-0.05, 0) is 98.7 Å². The number of H-pyrrole nitrogens is 3. The van der Waals surface area contributed by atoms with Crippen LogP contribution in [0.1, 0.15) is 102 Å². The van der Waals surface area contributed by atoms with Crippen molar-refractivity contribution in [2.24, 2.45) is 17.8 Å². The molecule has 3 aromatic carbocycles. The molecule has 3 aliphatic rings. The van der Waals surface area contributed by atoms with Crippen molar-refractivity contribution in [3.63, 3.8) is 0 Å². The number of aliphatic hydroxyl groups is 3. The van der Waals surface area contributed by atoms with Gasteiger partial charge in [-0.25, -0.2) is 54.4 Å². The van der Waals surface area contributed by atoms with Gasteiger partial charge in [-0.3, -0.25) is 71.0 Å². The first-order chi connectivity index (χ1) is 53.4. The Morgan fingerprint density at radius 3 is 0.816 bits per heavy atom. The number of nitrogens with one attached hydrogen (secondary N) is 3. The fraction of sp³-hybridized carbons (Fsp3) is 0.542. The number of aromatic amines is 3. The monoisotopic (exact) mass is 1680 g/mol. The van der Waals surface area contributed by atoms with Gasteiger partial charge >= 0.3 is 57.8 Å². The zero-order chi connectivity index (χ0) is 84.8. The highest BCUT2D eigenvalue weighted by Gasteiger charge is 2.64. The normalized spacial score (nSPS) is 26.5. The minimum absolute atomic E-state index is 0.154. The van der Waals surface area contributed by atoms with Gasteiger partial charge in [-0.2, -0.15) is 0 Å². The summed E-state index contributed by atoms with van der Waals surface area (Å²) in [5.41, 5.74) is -14.9. The Kier molecular flexibility index (Phi) is 32.0. The van der Waals surface area contributed by atoms with Crippen molar-refractivity contribution in [1.82, 2.24) is 28.7 Å². The molecule has 33 nitrogen and oxygen atoms in total. The van der Waals surface area contributed by atoms with Crippen LogP contribution in [-0.4, -0.2) is 191 Å². The van der Waals surface area contributed by atoms with Crippen molar-refractivity contribution < 1.29 is 125 Å². The van der Waals surface area contributed by atoms with Gasteiger partial charge in [-0.15, -0.1) is 0 Å². The van der Waals surface area contributed by atoms with E-state index in [0.717, 1.165) is 36.8 Å². The Hall–Kier alpha value is -8.58. The standard InChI is InChI=1S/3C24H31F2N2O9P/c3*1-14(2)34-21(31)15(3)12-38(33,37-17-8-6-5-7-9-17)36-16(4)19-20(30)24(26,13-25)22(35-19)28-11-10-18(29)27-23(28)32/h3*5-11,14-16,19-20,22,30H,12-13H2,1-4H3,(H,27,29,32)/t15-,16+,19-,20+,22-,24?,38?;15-,16+,19-,20+,22-,24?,38+;15-,16+,19-,20+,22-,24?,38-/m111/s1. The van der Waals surface area contributed by atoms with E-state index in [0.29, 0.717) is 13.7 Å². The number of esters is 3. The van der Waals surface area contributed by atoms with Crippen LogP contribution in [-0.2, 0) is 70.1 Å². The average Bonchev–Trinajstić information content (AvgIpc) is 1.61. The van der Waals surface area contributed by atoms with Gasteiger partial charge in [0.25, 0.3) is 16.7 Å². The number of rotatable bonds is 33. The molecule has 3 saturated heterocycles. The molecule has 114 heavy (non-hydrogen) atoms. The van der Waals surface area contributed by atoms with E-state index in [4.69, 9.17) is 55.6 Å². The summed E-state index contributed by atoms with van der Waals surface area (Å²) in [7, 11) is -12.6. The van der Waals surface area contributed by atoms with Crippen LogP contribution in [0.25, 0.3) is 0 Å². The van der Waals surface area contributed by atoms with Crippen molar-refractivity contribution in [3.05, 3.63) is 190 Å². The van der Waals surface area contributed by atoms with Crippen molar-refractivity contribution in [2.75, 3.05) is 38.5 Å². The molecule has 3 fully saturated rings. The van der Waals surface area contributed by atoms with E-state index in [2.05, 4.69) is 0 Å². The predicted octanol–water partition coefficient (Wildman–Crippen LogP) is 8.21. The van der Waals surface area contributed by atoms with Crippen molar-refractivity contribution in [2.45, 2.75) is 192 Å². The van der Waals surface area contributed by atoms with Gasteiger partial charge in [0.15, 0.2) is 18.7 Å². The molecule has 6 heterocycles. The van der Waals surface area contributed by atoms with Crippen molar-refractivity contribution in [3.8, 4) is 17.2 Å². The summed E-state index contributed by atoms with van der Waals surface area (Å²) in [5, 5.41) is 32.1. The smallest absolute Gasteiger partial charge is 0.380 e. The number of hydrogen-bond donors (Lipinski definition) is 6. The maximum absolute atomic E-state index is 15.7. The molecule has 42 heteroatoms. The van der Waals surface area contributed by atoms with Crippen molar-refractivity contribution in [1.29, 1.82) is 0 Å². The number of aromatic nitrogens is 6. The van der Waals surface area contributed by atoms with E-state index in [1.54, 1.807) is 96.1 Å². The molecule has 3 aliphatic heterocycles. The number of aliphatic hydroxyl groups excluding tert-OH is 3. The Bertz CT molecular complexity index is 4280. The van der Waals surface area contributed by atoms with Gasteiger partial charge in [0.1, 0.15) is 73.9 Å². The molecule has 0 bridgehead atoms. The third-order valence-corrected chi connectivity index (χ3v) is 23.9. The maximum Gasteiger partial charge on any atom is 0.380 e. The van der Waals surface area contributed by atoms with Crippen LogP contribution in [0.2, 0.25) is 0 Å². The minimum atomic E-state index is -4.21. The number of ether oxygens (including phenoxy) is 6. The summed E-state index contributed by atoms with van der Waals surface area (Å²) in [4.78, 5) is 114. The zero-order valence-electron chi connectivity index (χ0n) is 63.8. The highest BCUT2D eigenvalue weighted by Crippen LogP contribution is 2.57. The van der Waals surface area contributed by atoms with E-state index in [1.165, 1.54) is 77.9 Å². The van der Waals surface area contributed by atoms with Gasteiger partial charge in [0, 0.05) is 36.8 Å². The molecule has 0 saturated carbocycles. The SMILES string of the molecule is CC(C)OC(=O)[C@H](C)CP(=O)(Oc1ccccc1)O[C@@H](C)[C@H]1O[C@@H](n2ccc(=O)[nH]c2=O)C(F)(CF)[C@H]1O.CC(C)OC(=O)[C@H](C)C[P@@](=O)(Oc1ccccc1)O[C@@H](C)[C@H]1O[C@@H](n2ccc(=O)[nH]c2=O)C(F)(CF)[C@H]1O.CC(C)OC(=O)[C@H](C)C[P@](=O)(Oc1ccccc1)O[C@@H](C)[C@H]1O[C@@H](n2ccc(=O)[nH]c2=O)C(F)(CF)[C@H]1O. The summed E-state index contributed by atoms with van der Waals surface area (Å²) in [6.45, 7) is 13.0. The van der Waals surface area contributed by atoms with Gasteiger partial charge in [-0.1, -0.05) is 75.4 Å². The highest BCUT2D eigenvalue weighted by molar-refractivity contribution is 7.55. The molecule has 0 aliphatic carbocycles. The van der Waals surface area contributed by atoms with Gasteiger partial charge < -0.3 is 57.3 Å². The largest absolute Gasteiger partial charge is 0.463 e. The van der Waals surface area contributed by atoms with Crippen LogP contribution in [0.15, 0.2) is 157 Å². The van der Waals surface area contributed by atoms with Crippen LogP contribution in [0, 0.1) is 17.8 Å². The van der Waals surface area contributed by atoms with Crippen molar-refractivity contribution >= 4 is 40.7 Å². The first kappa shape index (κ1) is 92.6. The third-order valence-electron chi connectivity index (χ3n) is 17.5. The van der Waals surface area contributed by atoms with Crippen LogP contribution in [0.4, 0.5) is 26.3 Å². The van der Waals surface area contributed by atoms with E-state index in [9.17, 15) is 85.3 Å². The van der Waals surface area contributed by atoms with Gasteiger partial charge in [0.05, 0.1) is 72.9 Å². The summed E-state index contributed by atoms with van der Waals surface area (Å²) in [6.07, 6.45) is -21.3. The molecule has 4 unspecified atom stereocenters. The van der Waals surface area contributed by atoms with Crippen LogP contribution >= 0.6 is 22.8 Å². The summed E-state index contributed by atoms with van der Waals surface area (Å²) >= 11 is 0. The minimum Gasteiger partial charge on any atom is -0.463 e. The van der Waals surface area contributed by atoms with Gasteiger partial charge in [0.2, 0.25) is 17.0 Å². The molecule has 6 N–H and O–H groups in total. The number of carbonyl (C=O) groups is 3. The molecule has 0 amide bonds. The number of hydrogen-bond acceptors (Lipinski definition) is 27. The lowest BCUT2D eigenvalue weighted by atomic mass is 9.95. The molecular weight excluding hydrogens is 1590 g/mol. The Balaban J connectivity index is 0.000000237. The van der Waals surface area contributed by atoms with E-state index >= 15 is 13.2 Å². The second-order valence-electron chi connectivity index (χ2n) is 28.1. The quantitative estimate of drug-likeness (QED) is 0.00977. The highest BCUT2D eigenvalue weighted by atomic mass is 31.2. The lowest BCUT2D eigenvalue weighted by molar-refractivity contribution is -0.152. The molecular formula is C72H93F6N6O27P3. The molecule has 3 aromatic heterocycles. The first-order valence-corrected chi connectivity index (χ1v) is 40.9. The van der Waals surface area contributed by atoms with Crippen LogP contribution in [0.3, 0.4) is 0 Å². The molecule has 0 spiro atoms. The number of benzene rings is 3. The topological polar surface area (TPSA) is 438 Å². The fourth-order valence-corrected chi connectivity index (χ4v) is 18.3. The molecule has 9 rings (SSSR count). The lowest BCUT2D eigenvalue weighted by Gasteiger charge is -2.29. The Morgan fingerprint density at radius 2 is 0.623 bits per heavy atom. The molecule has 0 radical (unpaired) electrons. The van der Waals surface area contributed by atoms with Crippen LogP contribution < -0.4 is 47.3 Å². The number of carbonyl (C=O) groups excluding carboxylic acids is 3. The average molecular weight is 1680 g/mol. The second-order valence-corrected chi connectivity index (χ2v) is 34.1. The molecule has 21 atom stereocenters. The molecule has 6 aromatic rings. The van der Waals surface area contributed by atoms with E-state index < -0.39 is 240 Å². The third kappa shape index (κ3) is 23.2. The van der Waals surface area contributed by atoms with E-state index in [1.807, 2.05) is 15.0 Å². The second kappa shape index (κ2) is 39.4. The predicted molar refractivity (Wildman–Crippen MR) is 395 cm³/mol. The lowest BCUT2D eigenvalue weighted by Crippen LogP contribution is -2.48. The molecule has 630 valence electrons. The maximum atomic E-state index is 15.7. The number of alkyl halides is 6. The Labute approximate surface area is 648 Å². The summed E-state index contributed by atoms with van der Waals surface area (Å²) < 4.78 is 198. The first-order valence-electron chi connectivity index (χ1n) is 35.8. The fourth-order valence-electron chi connectivity index (χ4n) is 12.0. The Morgan fingerprint density at radius 1 is 0.404 bits per heavy atom. The number of halogens is 6. The summed E-state index contributed by atoms with van der Waals surface area (Å²) in [5.74, 6) is -4.30. The summed E-state index contributed by atoms with van der Waals surface area (Å²) in [6, 6.07) is 26.6. The zero-order valence-corrected chi connectivity index (χ0v) is 66.5. The number of nitrogens with zero attached hydrogens (tertiary/aromatic N) is 3. The number of para-hydroxylation sites is 3.